The second kappa shape index (κ2) is 5.18. The second-order valence-corrected chi connectivity index (χ2v) is 11.9. The molecule has 1 aliphatic heterocycles. The van der Waals surface area contributed by atoms with E-state index in [1.54, 1.807) is 7.11 Å². The number of hydrogen-bond donors (Lipinski definition) is 0. The lowest BCUT2D eigenvalue weighted by molar-refractivity contribution is 0.0875. The van der Waals surface area contributed by atoms with E-state index in [1.807, 2.05) is 0 Å². The zero-order valence-corrected chi connectivity index (χ0v) is 14.0. The Kier molecular flexibility index (Phi) is 4.09. The first-order valence-corrected chi connectivity index (χ1v) is 10.0. The predicted octanol–water partition coefficient (Wildman–Crippen LogP) is 3.19. The van der Waals surface area contributed by atoms with Gasteiger partial charge in [0.25, 0.3) is 0 Å². The van der Waals surface area contributed by atoms with Crippen LogP contribution in [0.4, 0.5) is 0 Å². The van der Waals surface area contributed by atoms with Gasteiger partial charge in [0.1, 0.15) is 7.11 Å². The third kappa shape index (κ3) is 3.03. The molecular formula is C14H27NO3Si. The molecule has 3 atom stereocenters. The van der Waals surface area contributed by atoms with Crippen molar-refractivity contribution < 1.29 is 14.0 Å². The molecule has 0 amide bonds. The van der Waals surface area contributed by atoms with Crippen LogP contribution in [0, 0.1) is 5.92 Å². The van der Waals surface area contributed by atoms with E-state index < -0.39 is 8.32 Å². The molecule has 1 heterocycles. The van der Waals surface area contributed by atoms with Crippen molar-refractivity contribution in [3.63, 3.8) is 0 Å². The normalized spacial score (nSPS) is 33.8. The first-order chi connectivity index (χ1) is 8.74. The Labute approximate surface area is 117 Å². The Morgan fingerprint density at radius 2 is 1.95 bits per heavy atom. The molecule has 0 radical (unpaired) electrons. The summed E-state index contributed by atoms with van der Waals surface area (Å²) in [5.74, 6) is 0.398. The third-order valence-corrected chi connectivity index (χ3v) is 9.35. The number of rotatable bonds is 3. The molecular weight excluding hydrogens is 258 g/mol. The molecule has 4 nitrogen and oxygen atoms in total. The molecule has 0 aromatic carbocycles. The number of ether oxygens (including phenoxy) is 1. The van der Waals surface area contributed by atoms with E-state index in [2.05, 4.69) is 39.0 Å². The largest absolute Gasteiger partial charge is 0.414 e. The van der Waals surface area contributed by atoms with E-state index >= 15 is 0 Å². The van der Waals surface area contributed by atoms with Gasteiger partial charge in [-0.05, 0) is 31.0 Å². The molecule has 0 bridgehead atoms. The molecule has 5 heteroatoms. The summed E-state index contributed by atoms with van der Waals surface area (Å²) in [6, 6.07) is 0. The molecule has 1 aliphatic carbocycles. The van der Waals surface area contributed by atoms with E-state index in [-0.39, 0.29) is 11.1 Å². The van der Waals surface area contributed by atoms with Crippen molar-refractivity contribution in [3.05, 3.63) is 0 Å². The maximum Gasteiger partial charge on any atom is 0.192 e. The fraction of sp³-hybridized carbons (Fsp3) is 0.929. The summed E-state index contributed by atoms with van der Waals surface area (Å²) in [5, 5.41) is 4.35. The first-order valence-electron chi connectivity index (χ1n) is 7.14. The Balaban J connectivity index is 1.99. The predicted molar refractivity (Wildman–Crippen MR) is 79.0 cm³/mol. The van der Waals surface area contributed by atoms with E-state index in [1.165, 1.54) is 0 Å². The van der Waals surface area contributed by atoms with Crippen LogP contribution in [0.15, 0.2) is 5.16 Å². The Morgan fingerprint density at radius 3 is 2.53 bits per heavy atom. The molecule has 2 rings (SSSR count). The maximum absolute atomic E-state index is 6.49. The molecule has 1 saturated heterocycles. The van der Waals surface area contributed by atoms with Crippen LogP contribution in [0.3, 0.4) is 0 Å². The van der Waals surface area contributed by atoms with E-state index in [0.717, 1.165) is 18.6 Å². The summed E-state index contributed by atoms with van der Waals surface area (Å²) in [6.07, 6.45) is 2.63. The van der Waals surface area contributed by atoms with Gasteiger partial charge in [0.15, 0.2) is 8.32 Å². The fourth-order valence-corrected chi connectivity index (χ4v) is 4.07. The lowest BCUT2D eigenvalue weighted by Crippen LogP contribution is -2.43. The van der Waals surface area contributed by atoms with Gasteiger partial charge in [-0.25, -0.2) is 0 Å². The van der Waals surface area contributed by atoms with Crippen LogP contribution in [0.1, 0.15) is 33.6 Å². The average Bonchev–Trinajstić information content (AvgIpc) is 2.78. The van der Waals surface area contributed by atoms with E-state index in [9.17, 15) is 0 Å². The zero-order chi connectivity index (χ0) is 14.3. The first kappa shape index (κ1) is 15.0. The van der Waals surface area contributed by atoms with Crippen molar-refractivity contribution in [2.75, 3.05) is 13.7 Å². The van der Waals surface area contributed by atoms with Crippen LogP contribution >= 0.6 is 0 Å². The summed E-state index contributed by atoms with van der Waals surface area (Å²) in [7, 11) is -0.0889. The highest BCUT2D eigenvalue weighted by atomic mass is 28.4. The molecule has 0 N–H and O–H groups in total. The molecule has 0 spiro atoms. The second-order valence-electron chi connectivity index (χ2n) is 7.19. The van der Waals surface area contributed by atoms with Crippen molar-refractivity contribution in [2.45, 2.75) is 64.0 Å². The Morgan fingerprint density at radius 1 is 1.26 bits per heavy atom. The fourth-order valence-electron chi connectivity index (χ4n) is 2.69. The van der Waals surface area contributed by atoms with Crippen molar-refractivity contribution in [1.82, 2.24) is 0 Å². The smallest absolute Gasteiger partial charge is 0.192 e. The molecule has 1 saturated carbocycles. The number of fused-ring (bicyclic) bond motifs is 1. The standard InChI is InChI=1S/C14H27NO3Si/c1-14(2,3)19(5,6)18-10-7-11-12(15-16-4)9-17-13(11)8-10/h10-11,13H,7-9H2,1-6H3/t10-,11-,13-/m1/s1. The SMILES string of the molecule is CON=C1CO[C@@H]2C[C@H](O[Si](C)(C)C(C)(C)C)C[C@H]12. The van der Waals surface area contributed by atoms with Gasteiger partial charge in [-0.2, -0.15) is 0 Å². The van der Waals surface area contributed by atoms with Gasteiger partial charge in [0.05, 0.1) is 18.4 Å². The molecule has 0 aromatic heterocycles. The highest BCUT2D eigenvalue weighted by Crippen LogP contribution is 2.42. The lowest BCUT2D eigenvalue weighted by atomic mass is 10.0. The number of oxime groups is 1. The summed E-state index contributed by atoms with van der Waals surface area (Å²) in [6.45, 7) is 12.1. The van der Waals surface area contributed by atoms with Crippen LogP contribution < -0.4 is 0 Å². The molecule has 110 valence electrons. The van der Waals surface area contributed by atoms with Gasteiger partial charge in [-0.3, -0.25) is 0 Å². The summed E-state index contributed by atoms with van der Waals surface area (Å²) < 4.78 is 12.3. The average molecular weight is 285 g/mol. The van der Waals surface area contributed by atoms with Gasteiger partial charge in [0.2, 0.25) is 0 Å². The van der Waals surface area contributed by atoms with Crippen molar-refractivity contribution >= 4 is 14.0 Å². The topological polar surface area (TPSA) is 40.0 Å². The van der Waals surface area contributed by atoms with E-state index in [4.69, 9.17) is 14.0 Å². The van der Waals surface area contributed by atoms with Crippen molar-refractivity contribution in [2.24, 2.45) is 11.1 Å². The van der Waals surface area contributed by atoms with Gasteiger partial charge < -0.3 is 14.0 Å². The van der Waals surface area contributed by atoms with Crippen molar-refractivity contribution in [1.29, 1.82) is 0 Å². The molecule has 0 unspecified atom stereocenters. The van der Waals surface area contributed by atoms with E-state index in [0.29, 0.717) is 18.6 Å². The highest BCUT2D eigenvalue weighted by Gasteiger charge is 2.47. The minimum Gasteiger partial charge on any atom is -0.414 e. The van der Waals surface area contributed by atoms with Gasteiger partial charge in [-0.15, -0.1) is 0 Å². The summed E-state index contributed by atoms with van der Waals surface area (Å²) >= 11 is 0. The van der Waals surface area contributed by atoms with Crippen LogP contribution in [0.2, 0.25) is 18.1 Å². The summed E-state index contributed by atoms with van der Waals surface area (Å²) in [4.78, 5) is 4.90. The summed E-state index contributed by atoms with van der Waals surface area (Å²) in [5.41, 5.74) is 1.05. The van der Waals surface area contributed by atoms with Crippen LogP contribution in [0.25, 0.3) is 0 Å². The van der Waals surface area contributed by atoms with Crippen LogP contribution in [-0.4, -0.2) is 40.0 Å². The monoisotopic (exact) mass is 285 g/mol. The third-order valence-electron chi connectivity index (χ3n) is 4.81. The van der Waals surface area contributed by atoms with Crippen LogP contribution in [0.5, 0.6) is 0 Å². The zero-order valence-electron chi connectivity index (χ0n) is 13.0. The molecule has 2 aliphatic rings. The van der Waals surface area contributed by atoms with Crippen LogP contribution in [-0.2, 0) is 14.0 Å². The molecule has 2 fully saturated rings. The maximum atomic E-state index is 6.49. The Hall–Kier alpha value is -0.393. The minimum absolute atomic E-state index is 0.259. The quantitative estimate of drug-likeness (QED) is 0.590. The van der Waals surface area contributed by atoms with Gasteiger partial charge in [-0.1, -0.05) is 25.9 Å². The van der Waals surface area contributed by atoms with Gasteiger partial charge in [0, 0.05) is 12.0 Å². The number of hydrogen-bond acceptors (Lipinski definition) is 4. The van der Waals surface area contributed by atoms with Crippen molar-refractivity contribution in [3.8, 4) is 0 Å². The van der Waals surface area contributed by atoms with Gasteiger partial charge >= 0.3 is 0 Å². The molecule has 0 aromatic rings. The lowest BCUT2D eigenvalue weighted by Gasteiger charge is -2.38. The molecule has 19 heavy (non-hydrogen) atoms. The Bertz CT molecular complexity index is 362. The highest BCUT2D eigenvalue weighted by molar-refractivity contribution is 6.74. The minimum atomic E-state index is -1.68. The number of nitrogens with zero attached hydrogens (tertiary/aromatic N) is 1.